The van der Waals surface area contributed by atoms with Gasteiger partial charge >= 0.3 is 0 Å². The first kappa shape index (κ1) is 19.4. The molecule has 2 N–H and O–H groups in total. The van der Waals surface area contributed by atoms with Crippen molar-refractivity contribution in [3.8, 4) is 16.4 Å². The van der Waals surface area contributed by atoms with Crippen LogP contribution in [0.25, 0.3) is 16.4 Å². The third-order valence-electron chi connectivity index (χ3n) is 4.06. The van der Waals surface area contributed by atoms with Crippen LogP contribution in [0.5, 0.6) is 0 Å². The summed E-state index contributed by atoms with van der Waals surface area (Å²) >= 11 is 1.14. The van der Waals surface area contributed by atoms with E-state index in [2.05, 4.69) is 31.0 Å². The molecule has 0 fully saturated rings. The molecule has 0 saturated heterocycles. The van der Waals surface area contributed by atoms with Gasteiger partial charge in [-0.3, -0.25) is 14.9 Å². The molecule has 4 rings (SSSR count). The highest BCUT2D eigenvalue weighted by molar-refractivity contribution is 7.18. The molecule has 2 aromatic heterocycles. The van der Waals surface area contributed by atoms with Crippen LogP contribution >= 0.6 is 11.3 Å². The maximum atomic E-state index is 12.3. The van der Waals surface area contributed by atoms with Gasteiger partial charge in [0.25, 0.3) is 5.91 Å². The van der Waals surface area contributed by atoms with Crippen LogP contribution < -0.4 is 10.6 Å². The Hall–Kier alpha value is -3.92. The van der Waals surface area contributed by atoms with Crippen molar-refractivity contribution >= 4 is 34.1 Å². The van der Waals surface area contributed by atoms with Gasteiger partial charge < -0.3 is 5.32 Å². The Morgan fingerprint density at radius 2 is 1.67 bits per heavy atom. The maximum Gasteiger partial charge on any atom is 0.257 e. The highest BCUT2D eigenvalue weighted by Crippen LogP contribution is 2.30. The molecule has 2 amide bonds. The summed E-state index contributed by atoms with van der Waals surface area (Å²) in [5.41, 5.74) is 2.72. The maximum absolute atomic E-state index is 12.3. The van der Waals surface area contributed by atoms with Crippen LogP contribution in [0.15, 0.2) is 54.6 Å². The first-order valence-corrected chi connectivity index (χ1v) is 9.83. The predicted octanol–water partition coefficient (Wildman–Crippen LogP) is 3.30. The fourth-order valence-corrected chi connectivity index (χ4v) is 3.35. The van der Waals surface area contributed by atoms with E-state index < -0.39 is 0 Å². The molecule has 0 spiro atoms. The average molecular weight is 419 g/mol. The van der Waals surface area contributed by atoms with E-state index in [0.29, 0.717) is 21.4 Å². The smallest absolute Gasteiger partial charge is 0.257 e. The molecule has 0 radical (unpaired) electrons. The number of aromatic nitrogens is 5. The zero-order valence-corrected chi connectivity index (χ0v) is 17.0. The number of nitrogens with zero attached hydrogens (tertiary/aromatic N) is 5. The molecule has 0 aliphatic carbocycles. The first-order valence-electron chi connectivity index (χ1n) is 9.02. The standard InChI is InChI=1S/C20H17N7O2S/c1-12-8-10-15(11-9-12)27-25-16(17(26-27)21-13(2)28)19-23-24-20(30-19)22-18(29)14-6-4-3-5-7-14/h3-11H,1-2H3,(H,21,26,28)(H,22,24,29). The molecule has 0 unspecified atom stereocenters. The Bertz CT molecular complexity index is 1200. The molecule has 0 aliphatic rings. The van der Waals surface area contributed by atoms with Gasteiger partial charge in [0.15, 0.2) is 16.5 Å². The van der Waals surface area contributed by atoms with Gasteiger partial charge in [-0.1, -0.05) is 47.2 Å². The Morgan fingerprint density at radius 1 is 0.933 bits per heavy atom. The van der Waals surface area contributed by atoms with E-state index in [1.54, 1.807) is 24.3 Å². The Kier molecular flexibility index (Phi) is 5.31. The number of carbonyl (C=O) groups is 2. The second-order valence-electron chi connectivity index (χ2n) is 6.44. The molecule has 9 nitrogen and oxygen atoms in total. The Labute approximate surface area is 175 Å². The van der Waals surface area contributed by atoms with Crippen molar-refractivity contribution in [3.63, 3.8) is 0 Å². The van der Waals surface area contributed by atoms with Crippen molar-refractivity contribution in [1.29, 1.82) is 0 Å². The number of carbonyl (C=O) groups excluding carboxylic acids is 2. The summed E-state index contributed by atoms with van der Waals surface area (Å²) in [6, 6.07) is 16.5. The van der Waals surface area contributed by atoms with Crippen LogP contribution in [0, 0.1) is 6.92 Å². The summed E-state index contributed by atoms with van der Waals surface area (Å²) in [6.07, 6.45) is 0. The number of rotatable bonds is 5. The van der Waals surface area contributed by atoms with Gasteiger partial charge in [0, 0.05) is 12.5 Å². The van der Waals surface area contributed by atoms with Crippen LogP contribution in [-0.4, -0.2) is 37.0 Å². The second-order valence-corrected chi connectivity index (χ2v) is 7.41. The number of hydrogen-bond acceptors (Lipinski definition) is 7. The molecule has 10 heteroatoms. The van der Waals surface area contributed by atoms with E-state index in [1.165, 1.54) is 11.7 Å². The van der Waals surface area contributed by atoms with Crippen molar-refractivity contribution in [1.82, 2.24) is 25.2 Å². The van der Waals surface area contributed by atoms with E-state index >= 15 is 0 Å². The largest absolute Gasteiger partial charge is 0.307 e. The molecular weight excluding hydrogens is 402 g/mol. The monoisotopic (exact) mass is 419 g/mol. The first-order chi connectivity index (χ1) is 14.5. The molecule has 0 saturated carbocycles. The highest BCUT2D eigenvalue weighted by atomic mass is 32.1. The van der Waals surface area contributed by atoms with E-state index in [4.69, 9.17) is 0 Å². The summed E-state index contributed by atoms with van der Waals surface area (Å²) in [4.78, 5) is 25.4. The molecule has 0 aliphatic heterocycles. The number of amides is 2. The van der Waals surface area contributed by atoms with Gasteiger partial charge in [-0.15, -0.1) is 25.2 Å². The fourth-order valence-electron chi connectivity index (χ4n) is 2.62. The molecule has 2 aromatic carbocycles. The third-order valence-corrected chi connectivity index (χ3v) is 4.90. The molecule has 2 heterocycles. The quantitative estimate of drug-likeness (QED) is 0.513. The lowest BCUT2D eigenvalue weighted by Gasteiger charge is -1.99. The lowest BCUT2D eigenvalue weighted by molar-refractivity contribution is -0.114. The van der Waals surface area contributed by atoms with Gasteiger partial charge in [-0.2, -0.15) is 0 Å². The minimum atomic E-state index is -0.288. The summed E-state index contributed by atoms with van der Waals surface area (Å²) in [7, 11) is 0. The molecular formula is C20H17N7O2S. The summed E-state index contributed by atoms with van der Waals surface area (Å²) in [5.74, 6) is -0.307. The van der Waals surface area contributed by atoms with Crippen LogP contribution in [-0.2, 0) is 4.79 Å². The van der Waals surface area contributed by atoms with Gasteiger partial charge in [0.1, 0.15) is 0 Å². The van der Waals surface area contributed by atoms with Crippen molar-refractivity contribution in [2.24, 2.45) is 0 Å². The van der Waals surface area contributed by atoms with Crippen LogP contribution in [0.1, 0.15) is 22.8 Å². The van der Waals surface area contributed by atoms with Crippen LogP contribution in [0.4, 0.5) is 10.9 Å². The van der Waals surface area contributed by atoms with E-state index in [0.717, 1.165) is 22.6 Å². The SMILES string of the molecule is CC(=O)Nc1nn(-c2ccc(C)cc2)nc1-c1nnc(NC(=O)c2ccccc2)s1. The summed E-state index contributed by atoms with van der Waals surface area (Å²) in [5, 5.41) is 23.1. The van der Waals surface area contributed by atoms with Gasteiger partial charge in [0.05, 0.1) is 5.69 Å². The van der Waals surface area contributed by atoms with Gasteiger partial charge in [-0.05, 0) is 31.2 Å². The minimum absolute atomic E-state index is 0.264. The minimum Gasteiger partial charge on any atom is -0.307 e. The number of aryl methyl sites for hydroxylation is 1. The topological polar surface area (TPSA) is 115 Å². The van der Waals surface area contributed by atoms with Crippen LogP contribution in [0.3, 0.4) is 0 Å². The molecule has 30 heavy (non-hydrogen) atoms. The van der Waals surface area contributed by atoms with Crippen molar-refractivity contribution in [3.05, 3.63) is 65.7 Å². The Balaban J connectivity index is 1.63. The second kappa shape index (κ2) is 8.21. The number of benzene rings is 2. The Morgan fingerprint density at radius 3 is 2.37 bits per heavy atom. The van der Waals surface area contributed by atoms with E-state index in [-0.39, 0.29) is 17.6 Å². The lowest BCUT2D eigenvalue weighted by Crippen LogP contribution is -2.11. The molecule has 4 aromatic rings. The third kappa shape index (κ3) is 4.23. The number of anilines is 2. The van der Waals surface area contributed by atoms with E-state index in [1.807, 2.05) is 37.3 Å². The zero-order valence-electron chi connectivity index (χ0n) is 16.2. The van der Waals surface area contributed by atoms with Crippen LogP contribution in [0.2, 0.25) is 0 Å². The fraction of sp³-hybridized carbons (Fsp3) is 0.100. The van der Waals surface area contributed by atoms with E-state index in [9.17, 15) is 9.59 Å². The number of nitrogens with one attached hydrogen (secondary N) is 2. The average Bonchev–Trinajstić information content (AvgIpc) is 3.36. The van der Waals surface area contributed by atoms with Gasteiger partial charge in [-0.25, -0.2) is 0 Å². The predicted molar refractivity (Wildman–Crippen MR) is 114 cm³/mol. The number of hydrogen-bond donors (Lipinski definition) is 2. The summed E-state index contributed by atoms with van der Waals surface area (Å²) < 4.78 is 0. The zero-order chi connectivity index (χ0) is 21.1. The van der Waals surface area contributed by atoms with Gasteiger partial charge in [0.2, 0.25) is 11.0 Å². The highest BCUT2D eigenvalue weighted by Gasteiger charge is 2.20. The van der Waals surface area contributed by atoms with Crippen molar-refractivity contribution in [2.45, 2.75) is 13.8 Å². The molecule has 0 bridgehead atoms. The molecule has 0 atom stereocenters. The normalized spacial score (nSPS) is 10.6. The van der Waals surface area contributed by atoms with Crippen molar-refractivity contribution < 1.29 is 9.59 Å². The molecule has 150 valence electrons. The van der Waals surface area contributed by atoms with Crippen molar-refractivity contribution in [2.75, 3.05) is 10.6 Å². The summed E-state index contributed by atoms with van der Waals surface area (Å²) in [6.45, 7) is 3.38. The lowest BCUT2D eigenvalue weighted by atomic mass is 10.2.